The number of piperidine rings is 1. The lowest BCUT2D eigenvalue weighted by molar-refractivity contribution is -0.146. The van der Waals surface area contributed by atoms with E-state index in [1.165, 1.54) is 12.7 Å². The molecular formula is C24H24N2O4. The Labute approximate surface area is 175 Å². The summed E-state index contributed by atoms with van der Waals surface area (Å²) in [5.41, 5.74) is 3.32. The highest BCUT2D eigenvalue weighted by Gasteiger charge is 2.29. The smallest absolute Gasteiger partial charge is 0.308 e. The number of ether oxygens (including phenoxy) is 1. The quantitative estimate of drug-likeness (QED) is 0.605. The lowest BCUT2D eigenvalue weighted by Crippen LogP contribution is -2.40. The molecule has 0 aliphatic carbocycles. The first-order valence-corrected chi connectivity index (χ1v) is 10.1. The minimum atomic E-state index is -0.203. The van der Waals surface area contributed by atoms with E-state index in [1.54, 1.807) is 17.2 Å². The van der Waals surface area contributed by atoms with Gasteiger partial charge >= 0.3 is 5.97 Å². The van der Waals surface area contributed by atoms with Crippen LogP contribution in [0.5, 0.6) is 0 Å². The van der Waals surface area contributed by atoms with Gasteiger partial charge in [-0.3, -0.25) is 9.59 Å². The van der Waals surface area contributed by atoms with Crippen LogP contribution in [0.4, 0.5) is 0 Å². The maximum absolute atomic E-state index is 13.2. The fraction of sp³-hybridized carbons (Fsp3) is 0.292. The highest BCUT2D eigenvalue weighted by Crippen LogP contribution is 2.30. The Balaban J connectivity index is 1.56. The number of amides is 1. The summed E-state index contributed by atoms with van der Waals surface area (Å²) in [6.07, 6.45) is 2.90. The summed E-state index contributed by atoms with van der Waals surface area (Å²) in [7, 11) is 1.40. The van der Waals surface area contributed by atoms with E-state index in [1.807, 2.05) is 49.4 Å². The van der Waals surface area contributed by atoms with Gasteiger partial charge in [0, 0.05) is 24.2 Å². The molecule has 6 heteroatoms. The van der Waals surface area contributed by atoms with Gasteiger partial charge in [0.15, 0.2) is 5.76 Å². The van der Waals surface area contributed by atoms with Gasteiger partial charge in [-0.2, -0.15) is 0 Å². The summed E-state index contributed by atoms with van der Waals surface area (Å²) in [5, 5.41) is 0. The standard InChI is InChI=1S/C24H24N2O4/c1-16-7-9-17(10-8-16)21-15-25-22(30-21)19-5-3-4-6-20(19)23(27)26-13-11-18(12-14-26)24(28)29-2/h3-10,15,18H,11-14H2,1-2H3. The number of carbonyl (C=O) groups is 2. The Morgan fingerprint density at radius 2 is 1.77 bits per heavy atom. The van der Waals surface area contributed by atoms with E-state index >= 15 is 0 Å². The molecule has 0 atom stereocenters. The Morgan fingerprint density at radius 3 is 2.47 bits per heavy atom. The minimum absolute atomic E-state index is 0.0796. The molecule has 0 unspecified atom stereocenters. The van der Waals surface area contributed by atoms with Crippen LogP contribution < -0.4 is 0 Å². The molecule has 2 aromatic carbocycles. The van der Waals surface area contributed by atoms with Crippen molar-refractivity contribution in [2.45, 2.75) is 19.8 Å². The van der Waals surface area contributed by atoms with E-state index in [2.05, 4.69) is 4.98 Å². The Bertz CT molecular complexity index is 1050. The van der Waals surface area contributed by atoms with Crippen molar-refractivity contribution in [3.63, 3.8) is 0 Å². The van der Waals surface area contributed by atoms with Gasteiger partial charge in [-0.25, -0.2) is 4.98 Å². The number of methoxy groups -OCH3 is 1. The van der Waals surface area contributed by atoms with E-state index in [4.69, 9.17) is 9.15 Å². The summed E-state index contributed by atoms with van der Waals surface area (Å²) < 4.78 is 10.8. The predicted octanol–water partition coefficient (Wildman–Crippen LogP) is 4.34. The minimum Gasteiger partial charge on any atom is -0.469 e. The van der Waals surface area contributed by atoms with Crippen LogP contribution >= 0.6 is 0 Å². The van der Waals surface area contributed by atoms with E-state index < -0.39 is 0 Å². The summed E-state index contributed by atoms with van der Waals surface area (Å²) in [5.74, 6) is 0.651. The van der Waals surface area contributed by atoms with Crippen molar-refractivity contribution in [1.82, 2.24) is 9.88 Å². The zero-order valence-corrected chi connectivity index (χ0v) is 17.1. The van der Waals surface area contributed by atoms with Crippen molar-refractivity contribution in [2.24, 2.45) is 5.92 Å². The monoisotopic (exact) mass is 404 g/mol. The van der Waals surface area contributed by atoms with Gasteiger partial charge in [-0.15, -0.1) is 0 Å². The molecule has 4 rings (SSSR count). The number of hydrogen-bond donors (Lipinski definition) is 0. The van der Waals surface area contributed by atoms with Crippen LogP contribution in [-0.2, 0) is 9.53 Å². The molecule has 0 bridgehead atoms. The third-order valence-electron chi connectivity index (χ3n) is 5.55. The van der Waals surface area contributed by atoms with Crippen molar-refractivity contribution >= 4 is 11.9 Å². The molecule has 1 aliphatic rings. The molecule has 2 heterocycles. The number of aryl methyl sites for hydroxylation is 1. The number of likely N-dealkylation sites (tertiary alicyclic amines) is 1. The van der Waals surface area contributed by atoms with E-state index in [0.29, 0.717) is 48.7 Å². The maximum atomic E-state index is 13.2. The molecule has 1 aromatic heterocycles. The van der Waals surface area contributed by atoms with Crippen LogP contribution in [0.3, 0.4) is 0 Å². The van der Waals surface area contributed by atoms with Crippen LogP contribution in [0.15, 0.2) is 59.1 Å². The molecule has 0 N–H and O–H groups in total. The van der Waals surface area contributed by atoms with Gasteiger partial charge in [0.1, 0.15) is 0 Å². The third kappa shape index (κ3) is 3.99. The molecule has 0 saturated carbocycles. The van der Waals surface area contributed by atoms with Gasteiger partial charge < -0.3 is 14.1 Å². The molecule has 1 amide bonds. The van der Waals surface area contributed by atoms with Crippen molar-refractivity contribution in [1.29, 1.82) is 0 Å². The van der Waals surface area contributed by atoms with E-state index in [0.717, 1.165) is 5.56 Å². The number of aromatic nitrogens is 1. The molecule has 30 heavy (non-hydrogen) atoms. The molecule has 0 spiro atoms. The van der Waals surface area contributed by atoms with Crippen LogP contribution in [0.1, 0.15) is 28.8 Å². The van der Waals surface area contributed by atoms with E-state index in [-0.39, 0.29) is 17.8 Å². The second-order valence-corrected chi connectivity index (χ2v) is 7.53. The highest BCUT2D eigenvalue weighted by atomic mass is 16.5. The summed E-state index contributed by atoms with van der Waals surface area (Å²) in [4.78, 5) is 31.1. The van der Waals surface area contributed by atoms with Crippen molar-refractivity contribution in [2.75, 3.05) is 20.2 Å². The second-order valence-electron chi connectivity index (χ2n) is 7.53. The Hall–Kier alpha value is -3.41. The lowest BCUT2D eigenvalue weighted by atomic mass is 9.96. The molecule has 1 fully saturated rings. The number of hydrogen-bond acceptors (Lipinski definition) is 5. The van der Waals surface area contributed by atoms with Crippen molar-refractivity contribution in [3.05, 3.63) is 65.9 Å². The van der Waals surface area contributed by atoms with Crippen LogP contribution in [0, 0.1) is 12.8 Å². The Morgan fingerprint density at radius 1 is 1.07 bits per heavy atom. The first-order valence-electron chi connectivity index (χ1n) is 10.1. The van der Waals surface area contributed by atoms with Crippen molar-refractivity contribution < 1.29 is 18.7 Å². The number of benzene rings is 2. The molecule has 1 saturated heterocycles. The van der Waals surface area contributed by atoms with Gasteiger partial charge in [0.2, 0.25) is 5.89 Å². The number of rotatable bonds is 4. The fourth-order valence-corrected chi connectivity index (χ4v) is 3.76. The fourth-order valence-electron chi connectivity index (χ4n) is 3.76. The largest absolute Gasteiger partial charge is 0.469 e. The summed E-state index contributed by atoms with van der Waals surface area (Å²) >= 11 is 0. The summed E-state index contributed by atoms with van der Waals surface area (Å²) in [6, 6.07) is 15.4. The normalized spacial score (nSPS) is 14.5. The molecule has 0 radical (unpaired) electrons. The van der Waals surface area contributed by atoms with E-state index in [9.17, 15) is 9.59 Å². The lowest BCUT2D eigenvalue weighted by Gasteiger charge is -2.31. The molecule has 154 valence electrons. The van der Waals surface area contributed by atoms with Gasteiger partial charge in [-0.05, 0) is 31.9 Å². The Kier molecular flexibility index (Phi) is 5.65. The van der Waals surface area contributed by atoms with Crippen LogP contribution in [0.2, 0.25) is 0 Å². The zero-order valence-electron chi connectivity index (χ0n) is 17.1. The third-order valence-corrected chi connectivity index (χ3v) is 5.55. The average molecular weight is 404 g/mol. The topological polar surface area (TPSA) is 72.6 Å². The first-order chi connectivity index (χ1) is 14.6. The predicted molar refractivity (Wildman–Crippen MR) is 113 cm³/mol. The zero-order chi connectivity index (χ0) is 21.1. The van der Waals surface area contributed by atoms with Gasteiger partial charge in [0.25, 0.3) is 5.91 Å². The average Bonchev–Trinajstić information content (AvgIpc) is 3.29. The molecular weight excluding hydrogens is 380 g/mol. The highest BCUT2D eigenvalue weighted by molar-refractivity contribution is 6.00. The van der Waals surface area contributed by atoms with Crippen LogP contribution in [-0.4, -0.2) is 42.0 Å². The SMILES string of the molecule is COC(=O)C1CCN(C(=O)c2ccccc2-c2ncc(-c3ccc(C)cc3)o2)CC1. The number of nitrogens with zero attached hydrogens (tertiary/aromatic N) is 2. The maximum Gasteiger partial charge on any atom is 0.308 e. The van der Waals surface area contributed by atoms with Crippen molar-refractivity contribution in [3.8, 4) is 22.8 Å². The van der Waals surface area contributed by atoms with Gasteiger partial charge in [-0.1, -0.05) is 42.0 Å². The summed E-state index contributed by atoms with van der Waals surface area (Å²) in [6.45, 7) is 3.08. The molecule has 3 aromatic rings. The van der Waals surface area contributed by atoms with Crippen LogP contribution in [0.25, 0.3) is 22.8 Å². The molecule has 6 nitrogen and oxygen atoms in total. The number of esters is 1. The number of oxazole rings is 1. The first kappa shape index (κ1) is 19.9. The second kappa shape index (κ2) is 8.53. The number of carbonyl (C=O) groups excluding carboxylic acids is 2. The van der Waals surface area contributed by atoms with Gasteiger partial charge in [0.05, 0.1) is 24.8 Å². The molecule has 1 aliphatic heterocycles.